The fourth-order valence-corrected chi connectivity index (χ4v) is 9.05. The average Bonchev–Trinajstić information content (AvgIpc) is 3.80. The summed E-state index contributed by atoms with van der Waals surface area (Å²) < 4.78 is 8.86. The number of rotatable bonds is 4. The van der Waals surface area contributed by atoms with Crippen molar-refractivity contribution >= 4 is 103 Å². The lowest BCUT2D eigenvalue weighted by atomic mass is 9.96. The number of oxazole rings is 1. The fraction of sp³-hybridized carbons (Fsp3) is 0. The van der Waals surface area contributed by atoms with Gasteiger partial charge in [-0.25, -0.2) is 4.98 Å². The third-order valence-electron chi connectivity index (χ3n) is 10.3. The first-order valence-corrected chi connectivity index (χ1v) is 18.0. The van der Waals surface area contributed by atoms with Crippen molar-refractivity contribution in [1.29, 1.82) is 0 Å². The minimum atomic E-state index is 0.651. The van der Waals surface area contributed by atoms with E-state index in [2.05, 4.69) is 169 Å². The van der Waals surface area contributed by atoms with E-state index in [1.54, 1.807) is 0 Å². The highest BCUT2D eigenvalue weighted by Gasteiger charge is 2.19. The van der Waals surface area contributed by atoms with Crippen LogP contribution in [0.2, 0.25) is 0 Å². The van der Waals surface area contributed by atoms with Gasteiger partial charge in [-0.2, -0.15) is 0 Å². The number of aromatic nitrogens is 1. The smallest absolute Gasteiger partial charge is 0.228 e. The molecule has 51 heavy (non-hydrogen) atoms. The van der Waals surface area contributed by atoms with E-state index in [-0.39, 0.29) is 0 Å². The molecule has 0 aliphatic carbocycles. The van der Waals surface area contributed by atoms with E-state index in [0.717, 1.165) is 44.5 Å². The predicted molar refractivity (Wildman–Crippen MR) is 217 cm³/mol. The molecule has 0 N–H and O–H groups in total. The Bertz CT molecular complexity index is 3160. The van der Waals surface area contributed by atoms with Gasteiger partial charge in [0, 0.05) is 48.2 Å². The molecule has 0 aliphatic heterocycles. The molecular formula is C47H28N2OS. The number of thiophene rings is 1. The Hall–Kier alpha value is -6.49. The normalized spacial score (nSPS) is 11.9. The number of para-hydroxylation sites is 1. The summed E-state index contributed by atoms with van der Waals surface area (Å²) in [5.41, 5.74) is 6.06. The second-order valence-corrected chi connectivity index (χ2v) is 14.2. The van der Waals surface area contributed by atoms with Gasteiger partial charge in [0.1, 0.15) is 5.52 Å². The maximum Gasteiger partial charge on any atom is 0.228 e. The van der Waals surface area contributed by atoms with Crippen LogP contribution in [-0.2, 0) is 0 Å². The molecule has 0 fully saturated rings. The molecule has 4 heteroatoms. The molecule has 0 saturated heterocycles. The number of anilines is 3. The van der Waals surface area contributed by atoms with Gasteiger partial charge in [0.2, 0.25) is 5.89 Å². The molecule has 2 heterocycles. The monoisotopic (exact) mass is 668 g/mol. The average molecular weight is 669 g/mol. The first kappa shape index (κ1) is 28.4. The van der Waals surface area contributed by atoms with Gasteiger partial charge < -0.3 is 9.32 Å². The van der Waals surface area contributed by atoms with Crippen molar-refractivity contribution in [2.75, 3.05) is 4.90 Å². The van der Waals surface area contributed by atoms with Gasteiger partial charge >= 0.3 is 0 Å². The van der Waals surface area contributed by atoms with Crippen LogP contribution in [0.3, 0.4) is 0 Å². The maximum absolute atomic E-state index is 6.43. The Balaban J connectivity index is 1.06. The van der Waals surface area contributed by atoms with Crippen LogP contribution in [0, 0.1) is 0 Å². The van der Waals surface area contributed by atoms with E-state index in [4.69, 9.17) is 9.40 Å². The van der Waals surface area contributed by atoms with Crippen molar-refractivity contribution < 1.29 is 4.42 Å². The lowest BCUT2D eigenvalue weighted by Crippen LogP contribution is -2.09. The minimum Gasteiger partial charge on any atom is -0.436 e. The van der Waals surface area contributed by atoms with Gasteiger partial charge in [0.15, 0.2) is 5.58 Å². The predicted octanol–water partition coefficient (Wildman–Crippen LogP) is 13.9. The summed E-state index contributed by atoms with van der Waals surface area (Å²) in [5, 5.41) is 12.2. The molecule has 238 valence electrons. The van der Waals surface area contributed by atoms with Gasteiger partial charge in [0.05, 0.1) is 0 Å². The van der Waals surface area contributed by atoms with Crippen LogP contribution in [0.4, 0.5) is 17.1 Å². The number of fused-ring (bicyclic) bond motifs is 11. The van der Waals surface area contributed by atoms with E-state index in [0.29, 0.717) is 5.89 Å². The highest BCUT2D eigenvalue weighted by molar-refractivity contribution is 7.26. The fourth-order valence-electron chi connectivity index (χ4n) is 7.89. The number of hydrogen-bond donors (Lipinski definition) is 0. The van der Waals surface area contributed by atoms with Crippen molar-refractivity contribution in [2.24, 2.45) is 0 Å². The summed E-state index contributed by atoms with van der Waals surface area (Å²) in [6, 6.07) is 61.0. The summed E-state index contributed by atoms with van der Waals surface area (Å²) in [4.78, 5) is 7.42. The van der Waals surface area contributed by atoms with Gasteiger partial charge in [-0.3, -0.25) is 0 Å². The molecule has 0 radical (unpaired) electrons. The molecule has 11 aromatic rings. The van der Waals surface area contributed by atoms with Crippen molar-refractivity contribution in [3.05, 3.63) is 170 Å². The summed E-state index contributed by atoms with van der Waals surface area (Å²) in [6.07, 6.45) is 0. The van der Waals surface area contributed by atoms with Crippen LogP contribution in [0.25, 0.3) is 85.8 Å². The zero-order valence-corrected chi connectivity index (χ0v) is 28.2. The summed E-state index contributed by atoms with van der Waals surface area (Å²) in [6.45, 7) is 0. The minimum absolute atomic E-state index is 0.651. The topological polar surface area (TPSA) is 29.3 Å². The molecule has 11 rings (SSSR count). The van der Waals surface area contributed by atoms with Gasteiger partial charge in [-0.1, -0.05) is 115 Å². The van der Waals surface area contributed by atoms with Gasteiger partial charge in [0.25, 0.3) is 0 Å². The third-order valence-corrected chi connectivity index (χ3v) is 11.4. The maximum atomic E-state index is 6.43. The second kappa shape index (κ2) is 11.0. The molecular weight excluding hydrogens is 641 g/mol. The molecule has 0 amide bonds. The van der Waals surface area contributed by atoms with E-state index in [9.17, 15) is 0 Å². The number of nitrogens with zero attached hydrogens (tertiary/aromatic N) is 2. The summed E-state index contributed by atoms with van der Waals surface area (Å²) in [7, 11) is 0. The lowest BCUT2D eigenvalue weighted by Gasteiger charge is -2.26. The Morgan fingerprint density at radius 3 is 1.92 bits per heavy atom. The van der Waals surface area contributed by atoms with E-state index in [1.807, 2.05) is 17.4 Å². The molecule has 0 saturated carbocycles. The van der Waals surface area contributed by atoms with Crippen LogP contribution in [0.5, 0.6) is 0 Å². The Labute approximate surface area is 297 Å². The highest BCUT2D eigenvalue weighted by atomic mass is 32.1. The zero-order valence-electron chi connectivity index (χ0n) is 27.4. The molecule has 0 unspecified atom stereocenters. The van der Waals surface area contributed by atoms with Gasteiger partial charge in [-0.15, -0.1) is 11.3 Å². The van der Waals surface area contributed by atoms with Crippen LogP contribution >= 0.6 is 11.3 Å². The Morgan fingerprint density at radius 1 is 0.431 bits per heavy atom. The molecule has 0 bridgehead atoms. The Morgan fingerprint density at radius 2 is 1.08 bits per heavy atom. The van der Waals surface area contributed by atoms with Crippen molar-refractivity contribution in [1.82, 2.24) is 4.98 Å². The van der Waals surface area contributed by atoms with Crippen molar-refractivity contribution in [3.63, 3.8) is 0 Å². The lowest BCUT2D eigenvalue weighted by molar-refractivity contribution is 0.621. The SMILES string of the molecule is c1ccc(N(c2ccc3c(ccc4c5ccccc5ccc34)c2)c2ccc3c(c2)sc2cccc(-c4nc5c(ccc6ccccc65)o4)c23)cc1. The second-order valence-electron chi connectivity index (χ2n) is 13.1. The molecule has 0 atom stereocenters. The zero-order chi connectivity index (χ0) is 33.5. The first-order chi connectivity index (χ1) is 25.3. The quantitative estimate of drug-likeness (QED) is 0.175. The van der Waals surface area contributed by atoms with Crippen molar-refractivity contribution in [2.45, 2.75) is 0 Å². The van der Waals surface area contributed by atoms with Crippen LogP contribution < -0.4 is 4.90 Å². The van der Waals surface area contributed by atoms with E-state index in [1.165, 1.54) is 52.5 Å². The van der Waals surface area contributed by atoms with E-state index >= 15 is 0 Å². The third kappa shape index (κ3) is 4.40. The number of hydrogen-bond acceptors (Lipinski definition) is 4. The molecule has 2 aromatic heterocycles. The van der Waals surface area contributed by atoms with Crippen molar-refractivity contribution in [3.8, 4) is 11.5 Å². The summed E-state index contributed by atoms with van der Waals surface area (Å²) in [5.74, 6) is 0.651. The number of benzene rings is 9. The van der Waals surface area contributed by atoms with Gasteiger partial charge in [-0.05, 0) is 92.3 Å². The summed E-state index contributed by atoms with van der Waals surface area (Å²) >= 11 is 1.81. The Kier molecular flexibility index (Phi) is 6.12. The first-order valence-electron chi connectivity index (χ1n) is 17.2. The molecule has 9 aromatic carbocycles. The molecule has 0 spiro atoms. The largest absolute Gasteiger partial charge is 0.436 e. The van der Waals surface area contributed by atoms with Crippen LogP contribution in [0.15, 0.2) is 174 Å². The molecule has 0 aliphatic rings. The molecule has 3 nitrogen and oxygen atoms in total. The van der Waals surface area contributed by atoms with E-state index < -0.39 is 0 Å². The highest BCUT2D eigenvalue weighted by Crippen LogP contribution is 2.45. The van der Waals surface area contributed by atoms with Crippen LogP contribution in [0.1, 0.15) is 0 Å². The van der Waals surface area contributed by atoms with Crippen LogP contribution in [-0.4, -0.2) is 4.98 Å². The standard InChI is InChI=1S/C47H28N2OS/c1-2-11-32(12-3-1)49(33-20-24-36-31(27-33)18-23-38-35-13-6-4-9-29(35)17-22-39(36)38)34-21-25-40-44(28-34)51-43-16-8-15-41(45(40)43)47-48-46-37-14-7-5-10-30(37)19-26-42(46)50-47/h1-28H.